The predicted molar refractivity (Wildman–Crippen MR) is 91.0 cm³/mol. The van der Waals surface area contributed by atoms with E-state index in [1.807, 2.05) is 0 Å². The molecule has 2 aliphatic rings. The highest BCUT2D eigenvalue weighted by molar-refractivity contribution is 5.78. The number of aliphatic hydroxyl groups is 1. The molecule has 4 heteroatoms. The van der Waals surface area contributed by atoms with Crippen LogP contribution in [0.1, 0.15) is 42.9 Å². The number of piperidine rings is 1. The van der Waals surface area contributed by atoms with E-state index < -0.39 is 0 Å². The third kappa shape index (κ3) is 4.55. The smallest absolute Gasteiger partial charge is 0.234 e. The molecule has 23 heavy (non-hydrogen) atoms. The maximum Gasteiger partial charge on any atom is 0.234 e. The second kappa shape index (κ2) is 7.45. The summed E-state index contributed by atoms with van der Waals surface area (Å²) in [7, 11) is 0. The molecule has 1 heterocycles. The number of hydrogen-bond donors (Lipinski definition) is 2. The second-order valence-corrected chi connectivity index (χ2v) is 7.20. The SMILES string of the molecule is Cc1ccc(C(NC(=O)CN2CCC(CO)CC2)C2CC2)cc1. The molecule has 1 aromatic rings. The summed E-state index contributed by atoms with van der Waals surface area (Å²) in [6.07, 6.45) is 4.41. The molecule has 1 atom stereocenters. The minimum atomic E-state index is 0.130. The van der Waals surface area contributed by atoms with Crippen LogP contribution >= 0.6 is 0 Å². The highest BCUT2D eigenvalue weighted by Crippen LogP contribution is 2.41. The molecule has 1 amide bonds. The van der Waals surface area contributed by atoms with Gasteiger partial charge >= 0.3 is 0 Å². The normalized spacial score (nSPS) is 21.1. The number of rotatable bonds is 6. The van der Waals surface area contributed by atoms with Crippen LogP contribution in [0.3, 0.4) is 0 Å². The molecule has 1 saturated heterocycles. The Morgan fingerprint density at radius 2 is 1.87 bits per heavy atom. The van der Waals surface area contributed by atoms with Crippen molar-refractivity contribution in [2.75, 3.05) is 26.2 Å². The van der Waals surface area contributed by atoms with Crippen molar-refractivity contribution in [2.24, 2.45) is 11.8 Å². The van der Waals surface area contributed by atoms with Gasteiger partial charge in [0, 0.05) is 6.61 Å². The lowest BCUT2D eigenvalue weighted by atomic mass is 9.98. The quantitative estimate of drug-likeness (QED) is 0.846. The maximum absolute atomic E-state index is 12.4. The lowest BCUT2D eigenvalue weighted by molar-refractivity contribution is -0.123. The third-order valence-electron chi connectivity index (χ3n) is 5.18. The van der Waals surface area contributed by atoms with Crippen LogP contribution < -0.4 is 5.32 Å². The third-order valence-corrected chi connectivity index (χ3v) is 5.18. The van der Waals surface area contributed by atoms with Gasteiger partial charge in [0.15, 0.2) is 0 Å². The summed E-state index contributed by atoms with van der Waals surface area (Å²) in [5, 5.41) is 12.5. The average molecular weight is 316 g/mol. The number of carbonyl (C=O) groups is 1. The van der Waals surface area contributed by atoms with E-state index in [-0.39, 0.29) is 18.6 Å². The van der Waals surface area contributed by atoms with Gasteiger partial charge in [-0.2, -0.15) is 0 Å². The first-order valence-corrected chi connectivity index (χ1v) is 8.85. The zero-order valence-electron chi connectivity index (χ0n) is 14.0. The summed E-state index contributed by atoms with van der Waals surface area (Å²) in [6.45, 7) is 4.67. The van der Waals surface area contributed by atoms with Gasteiger partial charge in [0.2, 0.25) is 5.91 Å². The van der Waals surface area contributed by atoms with E-state index in [1.54, 1.807) is 0 Å². The molecule has 2 fully saturated rings. The van der Waals surface area contributed by atoms with Crippen LogP contribution in [-0.4, -0.2) is 42.2 Å². The highest BCUT2D eigenvalue weighted by Gasteiger charge is 2.33. The van der Waals surface area contributed by atoms with Gasteiger partial charge in [0.1, 0.15) is 0 Å². The molecule has 126 valence electrons. The van der Waals surface area contributed by atoms with Crippen molar-refractivity contribution in [1.29, 1.82) is 0 Å². The number of hydrogen-bond acceptors (Lipinski definition) is 3. The molecule has 1 aliphatic heterocycles. The largest absolute Gasteiger partial charge is 0.396 e. The summed E-state index contributed by atoms with van der Waals surface area (Å²) in [5.74, 6) is 1.15. The molecule has 0 spiro atoms. The number of nitrogens with zero attached hydrogens (tertiary/aromatic N) is 1. The Bertz CT molecular complexity index is 517. The first-order valence-electron chi connectivity index (χ1n) is 8.85. The topological polar surface area (TPSA) is 52.6 Å². The van der Waals surface area contributed by atoms with E-state index in [2.05, 4.69) is 41.4 Å². The Morgan fingerprint density at radius 3 is 2.43 bits per heavy atom. The van der Waals surface area contributed by atoms with Crippen molar-refractivity contribution in [3.05, 3.63) is 35.4 Å². The number of aliphatic hydroxyl groups excluding tert-OH is 1. The Morgan fingerprint density at radius 1 is 1.22 bits per heavy atom. The average Bonchev–Trinajstić information content (AvgIpc) is 3.39. The van der Waals surface area contributed by atoms with Crippen LogP contribution in [-0.2, 0) is 4.79 Å². The second-order valence-electron chi connectivity index (χ2n) is 7.20. The number of nitrogens with one attached hydrogen (secondary N) is 1. The Balaban J connectivity index is 1.54. The molecule has 2 N–H and O–H groups in total. The molecular formula is C19H28N2O2. The Hall–Kier alpha value is -1.39. The summed E-state index contributed by atoms with van der Waals surface area (Å²) in [6, 6.07) is 8.70. The van der Waals surface area contributed by atoms with E-state index in [1.165, 1.54) is 24.0 Å². The molecular weight excluding hydrogens is 288 g/mol. The minimum Gasteiger partial charge on any atom is -0.396 e. The van der Waals surface area contributed by atoms with Crippen LogP contribution in [0.4, 0.5) is 0 Å². The van der Waals surface area contributed by atoms with Gasteiger partial charge in [0.05, 0.1) is 12.6 Å². The number of amides is 1. The monoisotopic (exact) mass is 316 g/mol. The van der Waals surface area contributed by atoms with Gasteiger partial charge in [-0.25, -0.2) is 0 Å². The summed E-state index contributed by atoms with van der Waals surface area (Å²) < 4.78 is 0. The maximum atomic E-state index is 12.4. The number of carbonyl (C=O) groups excluding carboxylic acids is 1. The number of benzene rings is 1. The lowest BCUT2D eigenvalue weighted by Gasteiger charge is -2.31. The van der Waals surface area contributed by atoms with Crippen molar-refractivity contribution in [3.63, 3.8) is 0 Å². The van der Waals surface area contributed by atoms with Gasteiger partial charge in [-0.1, -0.05) is 29.8 Å². The van der Waals surface area contributed by atoms with Crippen molar-refractivity contribution < 1.29 is 9.90 Å². The minimum absolute atomic E-state index is 0.130. The lowest BCUT2D eigenvalue weighted by Crippen LogP contribution is -2.43. The van der Waals surface area contributed by atoms with Gasteiger partial charge in [0.25, 0.3) is 0 Å². The van der Waals surface area contributed by atoms with Crippen molar-refractivity contribution in [3.8, 4) is 0 Å². The first-order chi connectivity index (χ1) is 11.2. The molecule has 0 bridgehead atoms. The van der Waals surface area contributed by atoms with Crippen LogP contribution in [0.5, 0.6) is 0 Å². The van der Waals surface area contributed by atoms with E-state index in [4.69, 9.17) is 0 Å². The van der Waals surface area contributed by atoms with Crippen LogP contribution in [0, 0.1) is 18.8 Å². The molecule has 0 aromatic heterocycles. The van der Waals surface area contributed by atoms with E-state index >= 15 is 0 Å². The van der Waals surface area contributed by atoms with Crippen molar-refractivity contribution >= 4 is 5.91 Å². The summed E-state index contributed by atoms with van der Waals surface area (Å²) in [5.41, 5.74) is 2.48. The van der Waals surface area contributed by atoms with Gasteiger partial charge in [-0.15, -0.1) is 0 Å². The molecule has 4 nitrogen and oxygen atoms in total. The molecule has 1 aromatic carbocycles. The van der Waals surface area contributed by atoms with Gasteiger partial charge in [-0.05, 0) is 63.1 Å². The van der Waals surface area contributed by atoms with E-state index in [9.17, 15) is 9.90 Å². The molecule has 0 radical (unpaired) electrons. The van der Waals surface area contributed by atoms with Crippen molar-refractivity contribution in [1.82, 2.24) is 10.2 Å². The fraction of sp³-hybridized carbons (Fsp3) is 0.632. The molecule has 1 unspecified atom stereocenters. The Kier molecular flexibility index (Phi) is 5.34. The zero-order valence-corrected chi connectivity index (χ0v) is 14.0. The standard InChI is InChI=1S/C19H28N2O2/c1-14-2-4-16(5-3-14)19(17-6-7-17)20-18(23)12-21-10-8-15(13-22)9-11-21/h2-5,15,17,19,22H,6-13H2,1H3,(H,20,23). The molecule has 3 rings (SSSR count). The number of aryl methyl sites for hydroxylation is 1. The fourth-order valence-corrected chi connectivity index (χ4v) is 3.43. The number of likely N-dealkylation sites (tertiary alicyclic amines) is 1. The fourth-order valence-electron chi connectivity index (χ4n) is 3.43. The van der Waals surface area contributed by atoms with Crippen molar-refractivity contribution in [2.45, 2.75) is 38.6 Å². The summed E-state index contributed by atoms with van der Waals surface area (Å²) in [4.78, 5) is 14.7. The van der Waals surface area contributed by atoms with Crippen LogP contribution in [0.2, 0.25) is 0 Å². The molecule has 1 aliphatic carbocycles. The summed E-state index contributed by atoms with van der Waals surface area (Å²) >= 11 is 0. The zero-order chi connectivity index (χ0) is 16.2. The first kappa shape index (κ1) is 16.5. The Labute approximate surface area is 138 Å². The van der Waals surface area contributed by atoms with Crippen LogP contribution in [0.15, 0.2) is 24.3 Å². The van der Waals surface area contributed by atoms with Gasteiger partial charge in [-0.3, -0.25) is 9.69 Å². The predicted octanol–water partition coefficient (Wildman–Crippen LogP) is 2.27. The highest BCUT2D eigenvalue weighted by atomic mass is 16.3. The molecule has 1 saturated carbocycles. The van der Waals surface area contributed by atoms with E-state index in [0.717, 1.165) is 25.9 Å². The van der Waals surface area contributed by atoms with Gasteiger partial charge < -0.3 is 10.4 Å². The van der Waals surface area contributed by atoms with Crippen LogP contribution in [0.25, 0.3) is 0 Å². The van der Waals surface area contributed by atoms with E-state index in [0.29, 0.717) is 18.4 Å².